The lowest BCUT2D eigenvalue weighted by atomic mass is 9.77. The molecule has 2 aliphatic rings. The monoisotopic (exact) mass is 610 g/mol. The van der Waals surface area contributed by atoms with Gasteiger partial charge in [0.05, 0.1) is 30.1 Å². The van der Waals surface area contributed by atoms with Gasteiger partial charge in [-0.2, -0.15) is 0 Å². The smallest absolute Gasteiger partial charge is 0.337 e. The second-order valence-corrected chi connectivity index (χ2v) is 12.9. The first-order chi connectivity index (χ1) is 22.1. The van der Waals surface area contributed by atoms with Gasteiger partial charge in [0.15, 0.2) is 5.78 Å². The minimum atomic E-state index is -0.720. The van der Waals surface area contributed by atoms with E-state index in [1.165, 1.54) is 12.7 Å². The number of rotatable bonds is 5. The molecular weight excluding hydrogens is 572 g/mol. The highest BCUT2D eigenvalue weighted by atomic mass is 16.5. The van der Waals surface area contributed by atoms with Crippen molar-refractivity contribution in [2.75, 3.05) is 17.3 Å². The number of ether oxygens (including phenoxy) is 1. The van der Waals surface area contributed by atoms with Crippen molar-refractivity contribution in [1.82, 2.24) is 0 Å². The van der Waals surface area contributed by atoms with Crippen LogP contribution in [0.2, 0.25) is 0 Å². The van der Waals surface area contributed by atoms with E-state index >= 15 is 0 Å². The molecule has 6 heteroatoms. The molecule has 0 unspecified atom stereocenters. The lowest BCUT2D eigenvalue weighted by Crippen LogP contribution is -2.37. The van der Waals surface area contributed by atoms with Gasteiger partial charge in [0.25, 0.3) is 5.91 Å². The number of hydrogen-bond donors (Lipinski definition) is 1. The molecule has 1 heterocycles. The van der Waals surface area contributed by atoms with E-state index in [0.717, 1.165) is 28.1 Å². The van der Waals surface area contributed by atoms with Crippen LogP contribution in [-0.2, 0) is 19.7 Å². The van der Waals surface area contributed by atoms with Crippen LogP contribution < -0.4 is 10.2 Å². The van der Waals surface area contributed by atoms with Crippen LogP contribution in [0.4, 0.5) is 11.4 Å². The molecule has 46 heavy (non-hydrogen) atoms. The van der Waals surface area contributed by atoms with Gasteiger partial charge in [-0.3, -0.25) is 14.5 Å². The number of ketones is 1. The Labute approximate surface area is 270 Å². The number of anilines is 2. The van der Waals surface area contributed by atoms with Crippen LogP contribution in [0.25, 0.3) is 6.08 Å². The summed E-state index contributed by atoms with van der Waals surface area (Å²) < 4.78 is 4.92. The zero-order valence-electron chi connectivity index (χ0n) is 26.6. The normalized spacial score (nSPS) is 18.0. The summed E-state index contributed by atoms with van der Waals surface area (Å²) in [4.78, 5) is 42.6. The summed E-state index contributed by atoms with van der Waals surface area (Å²) in [6, 6.07) is 32.2. The number of nitrogens with zero attached hydrogens (tertiary/aromatic N) is 1. The van der Waals surface area contributed by atoms with Crippen LogP contribution in [-0.4, -0.2) is 24.8 Å². The maximum atomic E-state index is 14.4. The first-order valence-electron chi connectivity index (χ1n) is 15.6. The van der Waals surface area contributed by atoms with Crippen molar-refractivity contribution in [2.24, 2.45) is 0 Å². The number of esters is 1. The summed E-state index contributed by atoms with van der Waals surface area (Å²) in [5, 5.41) is 3.59. The lowest BCUT2D eigenvalue weighted by molar-refractivity contribution is -0.116. The van der Waals surface area contributed by atoms with Crippen LogP contribution in [0, 0.1) is 0 Å². The van der Waals surface area contributed by atoms with Crippen molar-refractivity contribution >= 4 is 35.1 Å². The second-order valence-electron chi connectivity index (χ2n) is 12.9. The van der Waals surface area contributed by atoms with Crippen molar-refractivity contribution < 1.29 is 19.1 Å². The molecule has 0 radical (unpaired) electrons. The summed E-state index contributed by atoms with van der Waals surface area (Å²) in [6.07, 6.45) is 4.28. The molecule has 1 aliphatic heterocycles. The lowest BCUT2D eigenvalue weighted by Gasteiger charge is -2.34. The number of carbonyl (C=O) groups is 3. The van der Waals surface area contributed by atoms with Crippen LogP contribution in [0.5, 0.6) is 0 Å². The number of amides is 1. The Hall–Kier alpha value is -5.23. The second kappa shape index (κ2) is 12.6. The van der Waals surface area contributed by atoms with Crippen molar-refractivity contribution in [3.05, 3.63) is 148 Å². The zero-order chi connectivity index (χ0) is 32.4. The first kappa shape index (κ1) is 30.8. The largest absolute Gasteiger partial charge is 0.465 e. The number of Topliss-reactive ketones (excluding diaryl/α,β-unsaturated/α-hetero) is 1. The highest BCUT2D eigenvalue weighted by molar-refractivity contribution is 6.10. The van der Waals surface area contributed by atoms with Crippen LogP contribution in [0.3, 0.4) is 0 Å². The number of nitrogens with one attached hydrogen (secondary N) is 1. The van der Waals surface area contributed by atoms with Gasteiger partial charge in [-0.15, -0.1) is 0 Å². The Kier molecular flexibility index (Phi) is 8.46. The van der Waals surface area contributed by atoms with Gasteiger partial charge in [-0.05, 0) is 70.3 Å². The maximum absolute atomic E-state index is 14.4. The Morgan fingerprint density at radius 2 is 1.48 bits per heavy atom. The molecule has 0 bridgehead atoms. The third-order valence-electron chi connectivity index (χ3n) is 8.84. The fraction of sp³-hybridized carbons (Fsp3) is 0.225. The van der Waals surface area contributed by atoms with Gasteiger partial charge in [0.1, 0.15) is 0 Å². The predicted molar refractivity (Wildman–Crippen MR) is 183 cm³/mol. The minimum Gasteiger partial charge on any atom is -0.465 e. The number of para-hydroxylation sites is 2. The van der Waals surface area contributed by atoms with Crippen LogP contribution in [0.15, 0.2) is 120 Å². The summed E-state index contributed by atoms with van der Waals surface area (Å²) in [5.74, 6) is -0.741. The number of hydrogen-bond acceptors (Lipinski definition) is 5. The quantitative estimate of drug-likeness (QED) is 0.181. The van der Waals surface area contributed by atoms with Gasteiger partial charge in [-0.1, -0.05) is 99.6 Å². The fourth-order valence-electron chi connectivity index (χ4n) is 6.37. The fourth-order valence-corrected chi connectivity index (χ4v) is 6.37. The van der Waals surface area contributed by atoms with Gasteiger partial charge < -0.3 is 10.1 Å². The Bertz CT molecular complexity index is 1830. The predicted octanol–water partition coefficient (Wildman–Crippen LogP) is 8.38. The number of carbonyl (C=O) groups excluding carboxylic acids is 3. The van der Waals surface area contributed by atoms with E-state index in [-0.39, 0.29) is 23.0 Å². The Morgan fingerprint density at radius 1 is 0.826 bits per heavy atom. The maximum Gasteiger partial charge on any atom is 0.337 e. The van der Waals surface area contributed by atoms with E-state index in [4.69, 9.17) is 4.74 Å². The standard InChI is InChI=1S/C40H38N2O4/c1-40(2,3)31-21-19-27(20-22-31)30-24-33-37(35(43)25-30)38(28-15-17-29(18-16-28)39(45)46-4)42(34-13-9-8-12-32(34)41-33)36(44)23-14-26-10-6-5-7-11-26/h5-23,30,38,41H,24-25H2,1-4H3/b23-14+/t30-,38-/m1/s1. The molecule has 1 N–H and O–H groups in total. The van der Waals surface area contributed by atoms with Crippen LogP contribution >= 0.6 is 0 Å². The van der Waals surface area contributed by atoms with Crippen molar-refractivity contribution in [3.63, 3.8) is 0 Å². The van der Waals surface area contributed by atoms with Crippen molar-refractivity contribution in [2.45, 2.75) is 51.0 Å². The van der Waals surface area contributed by atoms with E-state index in [1.54, 1.807) is 41.3 Å². The van der Waals surface area contributed by atoms with Crippen molar-refractivity contribution in [3.8, 4) is 0 Å². The summed E-state index contributed by atoms with van der Waals surface area (Å²) >= 11 is 0. The number of benzene rings is 4. The van der Waals surface area contributed by atoms with Gasteiger partial charge in [0.2, 0.25) is 0 Å². The Morgan fingerprint density at radius 3 is 2.15 bits per heavy atom. The molecule has 4 aromatic rings. The van der Waals surface area contributed by atoms with Gasteiger partial charge in [0, 0.05) is 23.8 Å². The molecular formula is C40H38N2O4. The molecule has 0 saturated carbocycles. The molecule has 0 spiro atoms. The molecule has 232 valence electrons. The van der Waals surface area contributed by atoms with Crippen LogP contribution in [0.1, 0.15) is 78.2 Å². The molecule has 1 aliphatic carbocycles. The molecule has 6 rings (SSSR count). The number of allylic oxidation sites excluding steroid dienone is 1. The molecule has 6 nitrogen and oxygen atoms in total. The number of methoxy groups -OCH3 is 1. The molecule has 1 amide bonds. The summed E-state index contributed by atoms with van der Waals surface area (Å²) in [7, 11) is 1.34. The van der Waals surface area contributed by atoms with Gasteiger partial charge in [-0.25, -0.2) is 4.79 Å². The van der Waals surface area contributed by atoms with E-state index in [1.807, 2.05) is 54.6 Å². The average molecular weight is 611 g/mol. The number of fused-ring (bicyclic) bond motifs is 1. The van der Waals surface area contributed by atoms with E-state index in [9.17, 15) is 14.4 Å². The first-order valence-corrected chi connectivity index (χ1v) is 15.6. The summed E-state index contributed by atoms with van der Waals surface area (Å²) in [5.41, 5.74) is 7.18. The van der Waals surface area contributed by atoms with Gasteiger partial charge >= 0.3 is 5.97 Å². The molecule has 0 fully saturated rings. The highest BCUT2D eigenvalue weighted by Gasteiger charge is 2.41. The Balaban J connectivity index is 1.48. The molecule has 0 saturated heterocycles. The SMILES string of the molecule is COC(=O)c1ccc([C@@H]2C3=C(C[C@@H](c4ccc(C(C)(C)C)cc4)CC3=O)Nc3ccccc3N2C(=O)/C=C/c2ccccc2)cc1. The molecule has 2 atom stereocenters. The zero-order valence-corrected chi connectivity index (χ0v) is 26.6. The molecule has 0 aromatic heterocycles. The molecule has 4 aromatic carbocycles. The highest BCUT2D eigenvalue weighted by Crippen LogP contribution is 2.47. The topological polar surface area (TPSA) is 75.7 Å². The van der Waals surface area contributed by atoms with E-state index in [2.05, 4.69) is 50.4 Å². The van der Waals surface area contributed by atoms with Crippen molar-refractivity contribution in [1.29, 1.82) is 0 Å². The average Bonchev–Trinajstić information content (AvgIpc) is 3.22. The third-order valence-corrected chi connectivity index (χ3v) is 8.84. The van der Waals surface area contributed by atoms with E-state index in [0.29, 0.717) is 29.7 Å². The minimum absolute atomic E-state index is 0.0116. The van der Waals surface area contributed by atoms with E-state index < -0.39 is 12.0 Å². The third kappa shape index (κ3) is 6.16. The summed E-state index contributed by atoms with van der Waals surface area (Å²) in [6.45, 7) is 6.57.